The van der Waals surface area contributed by atoms with Crippen LogP contribution in [-0.4, -0.2) is 25.8 Å². The summed E-state index contributed by atoms with van der Waals surface area (Å²) in [6.45, 7) is 5.46. The molecule has 0 saturated carbocycles. The summed E-state index contributed by atoms with van der Waals surface area (Å²) < 4.78 is 15.5. The first-order valence-electron chi connectivity index (χ1n) is 5.98. The Morgan fingerprint density at radius 1 is 1.21 bits per heavy atom. The Hall–Kier alpha value is -1.97. The Kier molecular flexibility index (Phi) is 4.98. The normalized spacial score (nSPS) is 11.9. The van der Waals surface area contributed by atoms with E-state index in [2.05, 4.69) is 0 Å². The lowest BCUT2D eigenvalue weighted by Crippen LogP contribution is -2.24. The highest BCUT2D eigenvalue weighted by Crippen LogP contribution is 2.23. The van der Waals surface area contributed by atoms with Crippen LogP contribution in [0.2, 0.25) is 0 Å². The molecule has 0 atom stereocenters. The van der Waals surface area contributed by atoms with E-state index in [-0.39, 0.29) is 0 Å². The summed E-state index contributed by atoms with van der Waals surface area (Å²) in [6.07, 6.45) is 1.38. The molecule has 0 radical (unpaired) electrons. The van der Waals surface area contributed by atoms with Gasteiger partial charge < -0.3 is 14.2 Å². The number of hydrogen-bond donors (Lipinski definition) is 0. The highest BCUT2D eigenvalue weighted by atomic mass is 16.6. The molecule has 104 valence electrons. The molecule has 0 aliphatic carbocycles. The number of carbonyl (C=O) groups excluding carboxylic acids is 1. The quantitative estimate of drug-likeness (QED) is 0.476. The van der Waals surface area contributed by atoms with Gasteiger partial charge in [-0.25, -0.2) is 4.79 Å². The summed E-state index contributed by atoms with van der Waals surface area (Å²) in [5.74, 6) is 0.241. The van der Waals surface area contributed by atoms with Gasteiger partial charge in [-0.15, -0.1) is 0 Å². The van der Waals surface area contributed by atoms with Crippen molar-refractivity contribution in [2.45, 2.75) is 26.4 Å². The van der Waals surface area contributed by atoms with Gasteiger partial charge >= 0.3 is 5.97 Å². The summed E-state index contributed by atoms with van der Waals surface area (Å²) in [7, 11) is 3.07. The first kappa shape index (κ1) is 15.1. The molecule has 0 aliphatic heterocycles. The standard InChI is InChI=1S/C15H20O4/c1-15(2,3)19-14(16)13(10-17-4)11-7-6-8-12(9-11)18-5/h6-10H,1-5H3/b13-10+. The largest absolute Gasteiger partial charge is 0.503 e. The Labute approximate surface area is 114 Å². The van der Waals surface area contributed by atoms with Crippen LogP contribution in [0.4, 0.5) is 0 Å². The number of ether oxygens (including phenoxy) is 3. The number of esters is 1. The van der Waals surface area contributed by atoms with Crippen molar-refractivity contribution in [3.63, 3.8) is 0 Å². The fourth-order valence-electron chi connectivity index (χ4n) is 1.48. The van der Waals surface area contributed by atoms with E-state index in [4.69, 9.17) is 14.2 Å². The van der Waals surface area contributed by atoms with E-state index in [0.29, 0.717) is 16.9 Å². The fraction of sp³-hybridized carbons (Fsp3) is 0.400. The van der Waals surface area contributed by atoms with Gasteiger partial charge in [-0.3, -0.25) is 0 Å². The zero-order valence-corrected chi connectivity index (χ0v) is 12.0. The van der Waals surface area contributed by atoms with Crippen LogP contribution < -0.4 is 4.74 Å². The molecule has 0 amide bonds. The lowest BCUT2D eigenvalue weighted by atomic mass is 10.1. The minimum atomic E-state index is -0.553. The van der Waals surface area contributed by atoms with Gasteiger partial charge in [-0.1, -0.05) is 12.1 Å². The van der Waals surface area contributed by atoms with Crippen molar-refractivity contribution >= 4 is 11.5 Å². The lowest BCUT2D eigenvalue weighted by Gasteiger charge is -2.20. The van der Waals surface area contributed by atoms with Gasteiger partial charge in [0.05, 0.1) is 20.5 Å². The summed E-state index contributed by atoms with van der Waals surface area (Å²) >= 11 is 0. The summed E-state index contributed by atoms with van der Waals surface area (Å²) in [4.78, 5) is 12.1. The minimum absolute atomic E-state index is 0.358. The van der Waals surface area contributed by atoms with E-state index >= 15 is 0 Å². The highest BCUT2D eigenvalue weighted by Gasteiger charge is 2.21. The second-order valence-corrected chi connectivity index (χ2v) is 5.00. The monoisotopic (exact) mass is 264 g/mol. The second kappa shape index (κ2) is 6.27. The topological polar surface area (TPSA) is 44.8 Å². The van der Waals surface area contributed by atoms with Crippen LogP contribution in [0, 0.1) is 0 Å². The Balaban J connectivity index is 3.07. The molecule has 1 aromatic carbocycles. The Morgan fingerprint density at radius 2 is 1.89 bits per heavy atom. The molecule has 19 heavy (non-hydrogen) atoms. The predicted octanol–water partition coefficient (Wildman–Crippen LogP) is 3.02. The highest BCUT2D eigenvalue weighted by molar-refractivity contribution is 6.16. The molecule has 0 bridgehead atoms. The molecule has 0 spiro atoms. The number of methoxy groups -OCH3 is 2. The first-order valence-corrected chi connectivity index (χ1v) is 5.98. The second-order valence-electron chi connectivity index (χ2n) is 5.00. The smallest absolute Gasteiger partial charge is 0.342 e. The summed E-state index contributed by atoms with van der Waals surface area (Å²) in [5, 5.41) is 0. The molecule has 0 fully saturated rings. The molecule has 1 aromatic rings. The minimum Gasteiger partial charge on any atom is -0.503 e. The van der Waals surface area contributed by atoms with Gasteiger partial charge in [-0.2, -0.15) is 0 Å². The van der Waals surface area contributed by atoms with Crippen LogP contribution >= 0.6 is 0 Å². The third-order valence-corrected chi connectivity index (χ3v) is 2.24. The maximum absolute atomic E-state index is 12.1. The third-order valence-electron chi connectivity index (χ3n) is 2.24. The predicted molar refractivity (Wildman–Crippen MR) is 73.8 cm³/mol. The molecular formula is C15H20O4. The van der Waals surface area contributed by atoms with Crippen molar-refractivity contribution in [3.05, 3.63) is 36.1 Å². The van der Waals surface area contributed by atoms with Crippen molar-refractivity contribution < 1.29 is 19.0 Å². The van der Waals surface area contributed by atoms with Gasteiger partial charge in [-0.05, 0) is 38.5 Å². The van der Waals surface area contributed by atoms with Gasteiger partial charge in [0.2, 0.25) is 0 Å². The van der Waals surface area contributed by atoms with Crippen LogP contribution in [0.25, 0.3) is 5.57 Å². The molecule has 0 saturated heterocycles. The fourth-order valence-corrected chi connectivity index (χ4v) is 1.48. The molecule has 4 nitrogen and oxygen atoms in total. The van der Waals surface area contributed by atoms with E-state index in [1.807, 2.05) is 32.9 Å². The SMILES string of the molecule is CO/C=C(/C(=O)OC(C)(C)C)c1cccc(OC)c1. The number of rotatable bonds is 4. The molecule has 0 unspecified atom stereocenters. The van der Waals surface area contributed by atoms with Crippen molar-refractivity contribution in [2.75, 3.05) is 14.2 Å². The molecule has 0 N–H and O–H groups in total. The van der Waals surface area contributed by atoms with Crippen LogP contribution in [0.15, 0.2) is 30.5 Å². The van der Waals surface area contributed by atoms with E-state index in [0.717, 1.165) is 0 Å². The number of hydrogen-bond acceptors (Lipinski definition) is 4. The lowest BCUT2D eigenvalue weighted by molar-refractivity contribution is -0.147. The van der Waals surface area contributed by atoms with Gasteiger partial charge in [0.15, 0.2) is 0 Å². The van der Waals surface area contributed by atoms with Crippen molar-refractivity contribution in [1.29, 1.82) is 0 Å². The van der Waals surface area contributed by atoms with Crippen LogP contribution in [-0.2, 0) is 14.3 Å². The number of benzene rings is 1. The summed E-state index contributed by atoms with van der Waals surface area (Å²) in [6, 6.07) is 7.18. The number of carbonyl (C=O) groups is 1. The van der Waals surface area contributed by atoms with Crippen LogP contribution in [0.5, 0.6) is 5.75 Å². The van der Waals surface area contributed by atoms with E-state index < -0.39 is 11.6 Å². The van der Waals surface area contributed by atoms with Gasteiger partial charge in [0.1, 0.15) is 16.9 Å². The van der Waals surface area contributed by atoms with Gasteiger partial charge in [0.25, 0.3) is 0 Å². The molecular weight excluding hydrogens is 244 g/mol. The van der Waals surface area contributed by atoms with Crippen molar-refractivity contribution in [1.82, 2.24) is 0 Å². The maximum atomic E-state index is 12.1. The van der Waals surface area contributed by atoms with Crippen LogP contribution in [0.3, 0.4) is 0 Å². The first-order chi connectivity index (χ1) is 8.87. The Morgan fingerprint density at radius 3 is 2.42 bits per heavy atom. The average molecular weight is 264 g/mol. The third kappa shape index (κ3) is 4.66. The van der Waals surface area contributed by atoms with Crippen molar-refractivity contribution in [3.8, 4) is 5.75 Å². The maximum Gasteiger partial charge on any atom is 0.342 e. The molecule has 4 heteroatoms. The molecule has 0 heterocycles. The zero-order valence-electron chi connectivity index (χ0n) is 12.0. The molecule has 1 rings (SSSR count). The van der Waals surface area contributed by atoms with Gasteiger partial charge in [0, 0.05) is 0 Å². The summed E-state index contributed by atoms with van der Waals surface area (Å²) in [5.41, 5.74) is 0.495. The van der Waals surface area contributed by atoms with E-state index in [1.54, 1.807) is 19.2 Å². The Bertz CT molecular complexity index is 469. The van der Waals surface area contributed by atoms with Crippen molar-refractivity contribution in [2.24, 2.45) is 0 Å². The van der Waals surface area contributed by atoms with Crippen LogP contribution in [0.1, 0.15) is 26.3 Å². The van der Waals surface area contributed by atoms with E-state index in [1.165, 1.54) is 13.4 Å². The zero-order chi connectivity index (χ0) is 14.5. The molecule has 0 aromatic heterocycles. The average Bonchev–Trinajstić information content (AvgIpc) is 2.33. The molecule has 0 aliphatic rings. The van der Waals surface area contributed by atoms with E-state index in [9.17, 15) is 4.79 Å².